The van der Waals surface area contributed by atoms with Crippen molar-refractivity contribution in [2.24, 2.45) is 0 Å². The van der Waals surface area contributed by atoms with E-state index in [-0.39, 0.29) is 24.2 Å². The van der Waals surface area contributed by atoms with Crippen LogP contribution in [0.5, 0.6) is 0 Å². The molecular weight excluding hydrogens is 286 g/mol. The van der Waals surface area contributed by atoms with Crippen molar-refractivity contribution in [2.75, 3.05) is 6.61 Å². The predicted molar refractivity (Wildman–Crippen MR) is 77.4 cm³/mol. The smallest absolute Gasteiger partial charge is 0.345 e. The first-order valence-corrected chi connectivity index (χ1v) is 6.65. The Hall–Kier alpha value is -2.89. The maximum atomic E-state index is 12.1. The molecule has 0 aliphatic rings. The van der Waals surface area contributed by atoms with E-state index in [0.29, 0.717) is 12.1 Å². The Morgan fingerprint density at radius 2 is 1.91 bits per heavy atom. The van der Waals surface area contributed by atoms with Gasteiger partial charge in [-0.15, -0.1) is 0 Å². The lowest BCUT2D eigenvalue weighted by Crippen LogP contribution is -2.13. The van der Waals surface area contributed by atoms with Gasteiger partial charge in [-0.25, -0.2) is 9.59 Å². The SMILES string of the molecule is Cc1ccc(C(=O)OC=O)cc1C(=O)OCCn1cccc1. The van der Waals surface area contributed by atoms with E-state index in [1.807, 2.05) is 29.1 Å². The maximum absolute atomic E-state index is 12.1. The number of aromatic nitrogens is 1. The van der Waals surface area contributed by atoms with Gasteiger partial charge in [0.05, 0.1) is 17.7 Å². The molecule has 0 N–H and O–H groups in total. The Labute approximate surface area is 127 Å². The van der Waals surface area contributed by atoms with Gasteiger partial charge in [-0.1, -0.05) is 6.07 Å². The van der Waals surface area contributed by atoms with E-state index in [0.717, 1.165) is 0 Å². The van der Waals surface area contributed by atoms with Crippen molar-refractivity contribution in [2.45, 2.75) is 13.5 Å². The highest BCUT2D eigenvalue weighted by Crippen LogP contribution is 2.13. The Balaban J connectivity index is 2.03. The van der Waals surface area contributed by atoms with Crippen LogP contribution in [0.1, 0.15) is 26.3 Å². The Morgan fingerprint density at radius 3 is 2.59 bits per heavy atom. The molecule has 1 heterocycles. The Morgan fingerprint density at radius 1 is 1.18 bits per heavy atom. The minimum atomic E-state index is -0.809. The van der Waals surface area contributed by atoms with Gasteiger partial charge in [0.15, 0.2) is 0 Å². The van der Waals surface area contributed by atoms with Crippen LogP contribution < -0.4 is 0 Å². The molecule has 0 aliphatic heterocycles. The third kappa shape index (κ3) is 3.82. The molecule has 0 saturated carbocycles. The van der Waals surface area contributed by atoms with Gasteiger partial charge in [-0.05, 0) is 36.8 Å². The number of nitrogens with zero attached hydrogens (tertiary/aromatic N) is 1. The molecule has 0 bridgehead atoms. The highest BCUT2D eigenvalue weighted by molar-refractivity contribution is 5.97. The van der Waals surface area contributed by atoms with Crippen LogP contribution in [0.25, 0.3) is 0 Å². The molecule has 0 fully saturated rings. The molecule has 22 heavy (non-hydrogen) atoms. The van der Waals surface area contributed by atoms with Crippen molar-refractivity contribution >= 4 is 18.4 Å². The molecule has 0 aliphatic carbocycles. The number of ether oxygens (including phenoxy) is 2. The second-order valence-corrected chi connectivity index (χ2v) is 4.59. The molecule has 0 spiro atoms. The summed E-state index contributed by atoms with van der Waals surface area (Å²) in [5.41, 5.74) is 1.07. The number of aryl methyl sites for hydroxylation is 1. The lowest BCUT2D eigenvalue weighted by atomic mass is 10.1. The van der Waals surface area contributed by atoms with E-state index >= 15 is 0 Å². The summed E-state index contributed by atoms with van der Waals surface area (Å²) in [6.07, 6.45) is 3.74. The van der Waals surface area contributed by atoms with Gasteiger partial charge in [0.2, 0.25) is 0 Å². The average molecular weight is 301 g/mol. The largest absolute Gasteiger partial charge is 0.460 e. The monoisotopic (exact) mass is 301 g/mol. The zero-order chi connectivity index (χ0) is 15.9. The van der Waals surface area contributed by atoms with Crippen LogP contribution in [-0.4, -0.2) is 29.6 Å². The van der Waals surface area contributed by atoms with E-state index in [1.54, 1.807) is 13.0 Å². The number of carbonyl (C=O) groups excluding carboxylic acids is 3. The molecule has 2 rings (SSSR count). The molecule has 114 valence electrons. The summed E-state index contributed by atoms with van der Waals surface area (Å²) in [4.78, 5) is 33.8. The topological polar surface area (TPSA) is 74.6 Å². The molecule has 6 heteroatoms. The van der Waals surface area contributed by atoms with Crippen molar-refractivity contribution in [1.29, 1.82) is 0 Å². The highest BCUT2D eigenvalue weighted by Gasteiger charge is 2.15. The number of rotatable bonds is 6. The van der Waals surface area contributed by atoms with E-state index in [2.05, 4.69) is 4.74 Å². The standard InChI is InChI=1S/C16H15NO5/c1-12-4-5-13(15(19)22-11-18)10-14(12)16(20)21-9-8-17-6-2-3-7-17/h2-7,10-11H,8-9H2,1H3. The summed E-state index contributed by atoms with van der Waals surface area (Å²) in [5.74, 6) is -1.33. The van der Waals surface area contributed by atoms with E-state index in [1.165, 1.54) is 12.1 Å². The number of benzene rings is 1. The molecule has 1 aromatic heterocycles. The third-order valence-corrected chi connectivity index (χ3v) is 3.10. The van der Waals surface area contributed by atoms with Crippen LogP contribution in [0.3, 0.4) is 0 Å². The quantitative estimate of drug-likeness (QED) is 0.463. The van der Waals surface area contributed by atoms with Crippen molar-refractivity contribution in [3.63, 3.8) is 0 Å². The molecule has 0 saturated heterocycles. The Kier molecular flexibility index (Phi) is 5.08. The molecule has 1 aromatic carbocycles. The van der Waals surface area contributed by atoms with Crippen LogP contribution in [0.4, 0.5) is 0 Å². The maximum Gasteiger partial charge on any atom is 0.345 e. The van der Waals surface area contributed by atoms with Crippen LogP contribution in [-0.2, 0) is 20.8 Å². The fraction of sp³-hybridized carbons (Fsp3) is 0.188. The second-order valence-electron chi connectivity index (χ2n) is 4.59. The fourth-order valence-electron chi connectivity index (χ4n) is 1.92. The van der Waals surface area contributed by atoms with Crippen LogP contribution in [0.15, 0.2) is 42.7 Å². The number of esters is 2. The molecule has 0 unspecified atom stereocenters. The van der Waals surface area contributed by atoms with Crippen LogP contribution >= 0.6 is 0 Å². The molecule has 0 amide bonds. The lowest BCUT2D eigenvalue weighted by Gasteiger charge is -2.09. The van der Waals surface area contributed by atoms with Crippen molar-refractivity contribution in [3.8, 4) is 0 Å². The minimum Gasteiger partial charge on any atom is -0.460 e. The van der Waals surface area contributed by atoms with Crippen LogP contribution in [0.2, 0.25) is 0 Å². The van der Waals surface area contributed by atoms with Gasteiger partial charge in [0.1, 0.15) is 6.61 Å². The number of hydrogen-bond acceptors (Lipinski definition) is 5. The zero-order valence-electron chi connectivity index (χ0n) is 12.0. The first kappa shape index (κ1) is 15.5. The van der Waals surface area contributed by atoms with Crippen LogP contribution in [0, 0.1) is 6.92 Å². The molecule has 0 radical (unpaired) electrons. The number of carbonyl (C=O) groups is 3. The van der Waals surface area contributed by atoms with Gasteiger partial charge in [0, 0.05) is 12.4 Å². The molecule has 2 aromatic rings. The van der Waals surface area contributed by atoms with Gasteiger partial charge < -0.3 is 14.0 Å². The first-order valence-electron chi connectivity index (χ1n) is 6.65. The molecule has 6 nitrogen and oxygen atoms in total. The van der Waals surface area contributed by atoms with Gasteiger partial charge in [-0.3, -0.25) is 4.79 Å². The van der Waals surface area contributed by atoms with E-state index in [9.17, 15) is 14.4 Å². The first-order chi connectivity index (χ1) is 10.6. The fourth-order valence-corrected chi connectivity index (χ4v) is 1.92. The second kappa shape index (κ2) is 7.21. The van der Waals surface area contributed by atoms with Gasteiger partial charge in [-0.2, -0.15) is 0 Å². The van der Waals surface area contributed by atoms with Gasteiger partial charge >= 0.3 is 18.4 Å². The number of hydrogen-bond donors (Lipinski definition) is 0. The summed E-state index contributed by atoms with van der Waals surface area (Å²) in [7, 11) is 0. The summed E-state index contributed by atoms with van der Waals surface area (Å²) in [6, 6.07) is 8.21. The van der Waals surface area contributed by atoms with E-state index in [4.69, 9.17) is 4.74 Å². The molecule has 0 atom stereocenters. The lowest BCUT2D eigenvalue weighted by molar-refractivity contribution is -0.123. The highest BCUT2D eigenvalue weighted by atomic mass is 16.6. The third-order valence-electron chi connectivity index (χ3n) is 3.10. The summed E-state index contributed by atoms with van der Waals surface area (Å²) in [5, 5.41) is 0. The molecular formula is C16H15NO5. The summed E-state index contributed by atoms with van der Waals surface area (Å²) >= 11 is 0. The van der Waals surface area contributed by atoms with Crippen molar-refractivity contribution < 1.29 is 23.9 Å². The summed E-state index contributed by atoms with van der Waals surface area (Å²) < 4.78 is 11.3. The van der Waals surface area contributed by atoms with Crippen molar-refractivity contribution in [1.82, 2.24) is 4.57 Å². The minimum absolute atomic E-state index is 0.0528. The van der Waals surface area contributed by atoms with Gasteiger partial charge in [0.25, 0.3) is 0 Å². The zero-order valence-corrected chi connectivity index (χ0v) is 12.0. The predicted octanol–water partition coefficient (Wildman–Crippen LogP) is 1.97. The summed E-state index contributed by atoms with van der Waals surface area (Å²) in [6.45, 7) is 2.55. The average Bonchev–Trinajstić information content (AvgIpc) is 3.01. The normalized spacial score (nSPS) is 10.0. The Bertz CT molecular complexity index is 676. The van der Waals surface area contributed by atoms with Crippen molar-refractivity contribution in [3.05, 3.63) is 59.4 Å². The van der Waals surface area contributed by atoms with E-state index < -0.39 is 11.9 Å².